The van der Waals surface area contributed by atoms with Crippen molar-refractivity contribution in [3.63, 3.8) is 0 Å². The smallest absolute Gasteiger partial charge is 0.116 e. The minimum absolute atomic E-state index is 0.0914. The lowest BCUT2D eigenvalue weighted by Gasteiger charge is -2.37. The highest BCUT2D eigenvalue weighted by molar-refractivity contribution is 7.26. The normalized spacial score (nSPS) is 13.2. The zero-order valence-electron chi connectivity index (χ0n) is 25.9. The molecule has 5 aromatic rings. The molecule has 0 aliphatic heterocycles. The topological polar surface area (TPSA) is 25.8 Å². The van der Waals surface area contributed by atoms with Gasteiger partial charge in [0.25, 0.3) is 0 Å². The van der Waals surface area contributed by atoms with Crippen LogP contribution in [0.4, 0.5) is 0 Å². The molecule has 0 aliphatic rings. The van der Waals surface area contributed by atoms with Crippen molar-refractivity contribution in [2.24, 2.45) is 17.8 Å². The summed E-state index contributed by atoms with van der Waals surface area (Å²) in [5.74, 6) is 2.46. The van der Waals surface area contributed by atoms with E-state index >= 15 is 0 Å². The molecule has 0 N–H and O–H groups in total. The van der Waals surface area contributed by atoms with Crippen molar-refractivity contribution in [2.75, 3.05) is 0 Å². The minimum Gasteiger partial charge on any atom is -0.235 e. The van der Waals surface area contributed by atoms with Gasteiger partial charge in [-0.3, -0.25) is 0 Å². The van der Waals surface area contributed by atoms with Gasteiger partial charge in [-0.15, -0.1) is 11.3 Å². The second-order valence-corrected chi connectivity index (χ2v) is 18.6. The van der Waals surface area contributed by atoms with Crippen molar-refractivity contribution >= 4 is 55.7 Å². The van der Waals surface area contributed by atoms with Gasteiger partial charge in [0.05, 0.1) is 24.0 Å². The van der Waals surface area contributed by atoms with Gasteiger partial charge < -0.3 is 0 Å². The largest absolute Gasteiger partial charge is 0.235 e. The zero-order valence-corrected chi connectivity index (χ0v) is 26.7. The van der Waals surface area contributed by atoms with Crippen LogP contribution in [0.2, 0.25) is 18.1 Å². The van der Waals surface area contributed by atoms with Crippen molar-refractivity contribution in [1.82, 2.24) is 9.97 Å². The first-order valence-electron chi connectivity index (χ1n) is 15.2. The van der Waals surface area contributed by atoms with Crippen LogP contribution in [0.5, 0.6) is 0 Å². The third-order valence-corrected chi connectivity index (χ3v) is 15.5. The van der Waals surface area contributed by atoms with E-state index in [4.69, 9.17) is 6.35 Å². The molecule has 0 radical (unpaired) electrons. The quantitative estimate of drug-likeness (QED) is 0.170. The predicted molar refractivity (Wildman–Crippen MR) is 176 cm³/mol. The van der Waals surface area contributed by atoms with Crippen molar-refractivity contribution < 1.29 is 1.37 Å². The number of hydrogen-bond donors (Lipinski definition) is 0. The molecule has 39 heavy (non-hydrogen) atoms. The average molecular weight is 554 g/mol. The van der Waals surface area contributed by atoms with Crippen LogP contribution in [-0.4, -0.2) is 18.0 Å². The molecule has 0 bridgehead atoms. The van der Waals surface area contributed by atoms with Crippen molar-refractivity contribution in [3.05, 3.63) is 66.5 Å². The van der Waals surface area contributed by atoms with Gasteiger partial charge in [-0.25, -0.2) is 9.97 Å². The van der Waals surface area contributed by atoms with E-state index in [1.807, 2.05) is 11.3 Å². The Hall–Kier alpha value is -2.56. The van der Waals surface area contributed by atoms with Gasteiger partial charge in [0.1, 0.15) is 7.67 Å². The van der Waals surface area contributed by atoms with Crippen molar-refractivity contribution in [1.29, 1.82) is 0 Å². The van der Waals surface area contributed by atoms with Crippen molar-refractivity contribution in [2.45, 2.75) is 79.4 Å². The molecule has 3 aromatic carbocycles. The Kier molecular flexibility index (Phi) is 7.61. The third-order valence-electron chi connectivity index (χ3n) is 8.00. The van der Waals surface area contributed by atoms with Gasteiger partial charge in [0.2, 0.25) is 0 Å². The Morgan fingerprint density at radius 2 is 1.44 bits per heavy atom. The van der Waals surface area contributed by atoms with Gasteiger partial charge in [-0.2, -0.15) is 0 Å². The number of thiophene rings is 1. The predicted octanol–water partition coefficient (Wildman–Crippen LogP) is 10.4. The van der Waals surface area contributed by atoms with E-state index < -0.39 is 8.07 Å². The highest BCUT2D eigenvalue weighted by Gasteiger charge is 2.37. The van der Waals surface area contributed by atoms with E-state index in [1.165, 1.54) is 39.2 Å². The maximum atomic E-state index is 8.54. The van der Waals surface area contributed by atoms with Crippen LogP contribution in [0.25, 0.3) is 42.3 Å². The fourth-order valence-corrected chi connectivity index (χ4v) is 15.0. The lowest BCUT2D eigenvalue weighted by atomic mass is 9.92. The van der Waals surface area contributed by atoms with Crippen LogP contribution < -0.4 is 5.19 Å². The standard InChI is InChI=1S/C35H44N2SSi/c1-22(2)18-39(19-23(3)4,20-24(5)6)28-13-14-30-32(17-28)38-35-33(36-21-37-34(30)35)27-15-26-11-9-10-12-29(26)31(16-27)25(7)8/h9-17,21-25H,18-20H2,1-8H3/i21D. The van der Waals surface area contributed by atoms with E-state index in [2.05, 4.69) is 115 Å². The molecular formula is C35H44N2SSi. The van der Waals surface area contributed by atoms with Gasteiger partial charge in [-0.05, 0) is 58.2 Å². The zero-order chi connectivity index (χ0) is 28.8. The van der Waals surface area contributed by atoms with Gasteiger partial charge >= 0.3 is 0 Å². The first kappa shape index (κ1) is 26.6. The highest BCUT2D eigenvalue weighted by Crippen LogP contribution is 2.40. The summed E-state index contributed by atoms with van der Waals surface area (Å²) in [7, 11) is -1.73. The summed E-state index contributed by atoms with van der Waals surface area (Å²) in [6, 6.07) is 24.4. The fourth-order valence-electron chi connectivity index (χ4n) is 6.96. The van der Waals surface area contributed by atoms with E-state index in [0.717, 1.165) is 26.9 Å². The summed E-state index contributed by atoms with van der Waals surface area (Å²) in [5, 5.41) is 5.26. The Balaban J connectivity index is 1.74. The number of nitrogens with zero attached hydrogens (tertiary/aromatic N) is 2. The summed E-state index contributed by atoms with van der Waals surface area (Å²) in [4.78, 5) is 9.42. The maximum Gasteiger partial charge on any atom is 0.116 e. The number of fused-ring (bicyclic) bond motifs is 4. The molecular weight excluding hydrogens is 509 g/mol. The number of benzene rings is 3. The van der Waals surface area contributed by atoms with Crippen LogP contribution >= 0.6 is 11.3 Å². The molecule has 2 heterocycles. The second kappa shape index (κ2) is 11.1. The van der Waals surface area contributed by atoms with Gasteiger partial charge in [-0.1, -0.05) is 115 Å². The molecule has 0 amide bonds. The lowest BCUT2D eigenvalue weighted by molar-refractivity contribution is 0.649. The third kappa shape index (κ3) is 5.56. The molecule has 0 spiro atoms. The van der Waals surface area contributed by atoms with E-state index in [9.17, 15) is 0 Å². The van der Waals surface area contributed by atoms with E-state index in [0.29, 0.717) is 23.7 Å². The number of hydrogen-bond acceptors (Lipinski definition) is 3. The molecule has 2 nitrogen and oxygen atoms in total. The van der Waals surface area contributed by atoms with Crippen LogP contribution in [0, 0.1) is 17.8 Å². The van der Waals surface area contributed by atoms with Crippen LogP contribution in [0.15, 0.2) is 60.9 Å². The van der Waals surface area contributed by atoms with E-state index in [-0.39, 0.29) is 6.30 Å². The Morgan fingerprint density at radius 1 is 0.769 bits per heavy atom. The summed E-state index contributed by atoms with van der Waals surface area (Å²) in [6.45, 7) is 18.9. The SMILES string of the molecule is [2H]c1nc(-c2cc(C(C)C)c3ccccc3c2)c2sc3cc([Si](CC(C)C)(CC(C)C)CC(C)C)ccc3c2n1. The maximum absolute atomic E-state index is 8.54. The summed E-state index contributed by atoms with van der Waals surface area (Å²) < 4.78 is 10.9. The summed E-state index contributed by atoms with van der Waals surface area (Å²) in [5.41, 5.74) is 4.21. The van der Waals surface area contributed by atoms with Gasteiger partial charge in [0, 0.05) is 15.6 Å². The van der Waals surface area contributed by atoms with Crippen LogP contribution in [0.1, 0.15) is 68.2 Å². The molecule has 5 rings (SSSR count). The first-order valence-corrected chi connectivity index (χ1v) is 18.2. The molecule has 0 unspecified atom stereocenters. The summed E-state index contributed by atoms with van der Waals surface area (Å²) in [6.07, 6.45) is 0.0914. The lowest BCUT2D eigenvalue weighted by Crippen LogP contribution is -2.50. The second-order valence-electron chi connectivity index (χ2n) is 13.2. The molecule has 0 saturated carbocycles. The van der Waals surface area contributed by atoms with E-state index in [1.54, 1.807) is 5.19 Å². The molecule has 2 aromatic heterocycles. The number of rotatable bonds is 9. The Labute approximate surface area is 241 Å². The molecule has 0 aliphatic carbocycles. The molecule has 0 saturated heterocycles. The number of aromatic nitrogens is 2. The minimum atomic E-state index is -1.73. The molecule has 4 heteroatoms. The molecule has 0 fully saturated rings. The van der Waals surface area contributed by atoms with Crippen LogP contribution in [-0.2, 0) is 0 Å². The highest BCUT2D eigenvalue weighted by atomic mass is 32.1. The Morgan fingerprint density at radius 3 is 2.08 bits per heavy atom. The summed E-state index contributed by atoms with van der Waals surface area (Å²) >= 11 is 1.81. The Bertz CT molecular complexity index is 1640. The average Bonchev–Trinajstić information content (AvgIpc) is 3.23. The first-order chi connectivity index (χ1) is 19.0. The van der Waals surface area contributed by atoms with Crippen LogP contribution in [0.3, 0.4) is 0 Å². The van der Waals surface area contributed by atoms with Gasteiger partial charge in [0.15, 0.2) is 0 Å². The monoisotopic (exact) mass is 553 g/mol. The molecule has 204 valence electrons. The molecule has 0 atom stereocenters. The fraction of sp³-hybridized carbons (Fsp3) is 0.429. The van der Waals surface area contributed by atoms with Crippen molar-refractivity contribution in [3.8, 4) is 11.3 Å².